The van der Waals surface area contributed by atoms with Crippen molar-refractivity contribution < 1.29 is 64.6 Å². The standard InChI is InChI=1S/C65H123NO13/c1-3-5-7-9-11-13-15-17-18-19-20-21-22-23-24-25-26-27-28-29-30-31-32-33-34-35-36-37-39-41-43-45-47-49-57(70)66-53(54(69)48-46-44-42-40-38-16-14-12-10-8-6-4-2)52-76-64-62(75)60(73)63(56(51-68)78-64)79-65-61(74)59(72)58(71)55(50-67)77-65/h15,17,19-20,53-56,58-65,67-69,71-75H,3-14,16,18,21-52H2,1-2H3,(H,66,70)/b17-15-,20-19-. The number of ether oxygens (including phenoxy) is 4. The Labute approximate surface area is 481 Å². The molecule has 0 aromatic carbocycles. The molecule has 0 radical (unpaired) electrons. The van der Waals surface area contributed by atoms with E-state index < -0.39 is 86.8 Å². The van der Waals surface area contributed by atoms with Crippen molar-refractivity contribution in [2.45, 2.75) is 364 Å². The number of allylic oxidation sites excluding steroid dienone is 4. The molecule has 466 valence electrons. The van der Waals surface area contributed by atoms with Gasteiger partial charge in [-0.25, -0.2) is 0 Å². The molecule has 0 aliphatic carbocycles. The second-order valence-electron chi connectivity index (χ2n) is 23.6. The fourth-order valence-corrected chi connectivity index (χ4v) is 11.1. The van der Waals surface area contributed by atoms with Gasteiger partial charge in [0.25, 0.3) is 0 Å². The molecule has 0 spiro atoms. The molecule has 2 aliphatic rings. The van der Waals surface area contributed by atoms with Crippen LogP contribution >= 0.6 is 0 Å². The molecule has 2 fully saturated rings. The molecule has 0 saturated carbocycles. The number of nitrogens with one attached hydrogen (secondary N) is 1. The summed E-state index contributed by atoms with van der Waals surface area (Å²) < 4.78 is 22.8. The number of carbonyl (C=O) groups excluding carboxylic acids is 1. The molecule has 12 atom stereocenters. The molecule has 14 nitrogen and oxygen atoms in total. The van der Waals surface area contributed by atoms with Crippen LogP contribution in [0.1, 0.15) is 290 Å². The average molecular weight is 1130 g/mol. The smallest absolute Gasteiger partial charge is 0.220 e. The molecule has 2 rings (SSSR count). The molecule has 2 aliphatic heterocycles. The second-order valence-corrected chi connectivity index (χ2v) is 23.6. The largest absolute Gasteiger partial charge is 0.394 e. The van der Waals surface area contributed by atoms with Crippen LogP contribution in [0.15, 0.2) is 24.3 Å². The van der Waals surface area contributed by atoms with Crippen LogP contribution in [-0.4, -0.2) is 140 Å². The van der Waals surface area contributed by atoms with Crippen molar-refractivity contribution in [1.29, 1.82) is 0 Å². The van der Waals surface area contributed by atoms with Crippen molar-refractivity contribution in [3.63, 3.8) is 0 Å². The molecule has 0 aromatic rings. The fraction of sp³-hybridized carbons (Fsp3) is 0.923. The summed E-state index contributed by atoms with van der Waals surface area (Å²) in [5.41, 5.74) is 0. The molecule has 0 aromatic heterocycles. The van der Waals surface area contributed by atoms with E-state index in [1.54, 1.807) is 0 Å². The van der Waals surface area contributed by atoms with Gasteiger partial charge in [-0.15, -0.1) is 0 Å². The zero-order valence-electron chi connectivity index (χ0n) is 50.4. The lowest BCUT2D eigenvalue weighted by atomic mass is 9.97. The maximum absolute atomic E-state index is 13.3. The van der Waals surface area contributed by atoms with Crippen LogP contribution in [-0.2, 0) is 23.7 Å². The van der Waals surface area contributed by atoms with Gasteiger partial charge in [-0.2, -0.15) is 0 Å². The van der Waals surface area contributed by atoms with Crippen molar-refractivity contribution in [3.05, 3.63) is 24.3 Å². The summed E-state index contributed by atoms with van der Waals surface area (Å²) in [4.78, 5) is 13.3. The molecule has 2 saturated heterocycles. The van der Waals surface area contributed by atoms with Crippen LogP contribution in [0.2, 0.25) is 0 Å². The first-order chi connectivity index (χ1) is 38.6. The number of unbranched alkanes of at least 4 members (excludes halogenated alkanes) is 37. The molecule has 1 amide bonds. The van der Waals surface area contributed by atoms with Crippen molar-refractivity contribution in [2.75, 3.05) is 19.8 Å². The predicted octanol–water partition coefficient (Wildman–Crippen LogP) is 12.4. The summed E-state index contributed by atoms with van der Waals surface area (Å²) in [6.07, 6.45) is 45.0. The molecular formula is C65H123NO13. The summed E-state index contributed by atoms with van der Waals surface area (Å²) in [5, 5.41) is 87.2. The summed E-state index contributed by atoms with van der Waals surface area (Å²) in [5.74, 6) is -0.202. The van der Waals surface area contributed by atoms with E-state index in [0.29, 0.717) is 12.8 Å². The zero-order chi connectivity index (χ0) is 57.4. The number of hydrogen-bond donors (Lipinski definition) is 9. The molecular weight excluding hydrogens is 1000 g/mol. The molecule has 12 unspecified atom stereocenters. The first-order valence-corrected chi connectivity index (χ1v) is 33.1. The van der Waals surface area contributed by atoms with E-state index in [-0.39, 0.29) is 12.5 Å². The maximum Gasteiger partial charge on any atom is 0.220 e. The van der Waals surface area contributed by atoms with Crippen LogP contribution in [0.4, 0.5) is 0 Å². The van der Waals surface area contributed by atoms with Gasteiger partial charge in [-0.3, -0.25) is 4.79 Å². The summed E-state index contributed by atoms with van der Waals surface area (Å²) in [6, 6.07) is -0.825. The second kappa shape index (κ2) is 50.9. The minimum atomic E-state index is -1.78. The summed E-state index contributed by atoms with van der Waals surface area (Å²) >= 11 is 0. The third-order valence-corrected chi connectivity index (χ3v) is 16.4. The first kappa shape index (κ1) is 73.6. The first-order valence-electron chi connectivity index (χ1n) is 33.1. The van der Waals surface area contributed by atoms with Crippen LogP contribution in [0.3, 0.4) is 0 Å². The van der Waals surface area contributed by atoms with Gasteiger partial charge in [0.15, 0.2) is 12.6 Å². The third-order valence-electron chi connectivity index (χ3n) is 16.4. The molecule has 0 bridgehead atoms. The van der Waals surface area contributed by atoms with Gasteiger partial charge in [0.2, 0.25) is 5.91 Å². The molecule has 9 N–H and O–H groups in total. The van der Waals surface area contributed by atoms with Gasteiger partial charge in [0, 0.05) is 6.42 Å². The lowest BCUT2D eigenvalue weighted by Crippen LogP contribution is -2.65. The lowest BCUT2D eigenvalue weighted by molar-refractivity contribution is -0.359. The average Bonchev–Trinajstić information content (AvgIpc) is 3.49. The van der Waals surface area contributed by atoms with E-state index in [9.17, 15) is 45.6 Å². The molecule has 79 heavy (non-hydrogen) atoms. The minimum Gasteiger partial charge on any atom is -0.394 e. The summed E-state index contributed by atoms with van der Waals surface area (Å²) in [7, 11) is 0. The predicted molar refractivity (Wildman–Crippen MR) is 318 cm³/mol. The van der Waals surface area contributed by atoms with Gasteiger partial charge in [-0.05, 0) is 44.9 Å². The third kappa shape index (κ3) is 36.0. The Balaban J connectivity index is 1.59. The topological polar surface area (TPSA) is 228 Å². The Morgan fingerprint density at radius 1 is 0.456 bits per heavy atom. The van der Waals surface area contributed by atoms with E-state index in [2.05, 4.69) is 43.5 Å². The Morgan fingerprint density at radius 3 is 1.27 bits per heavy atom. The van der Waals surface area contributed by atoms with Gasteiger partial charge in [0.1, 0.15) is 48.8 Å². The Kier molecular flexibility index (Phi) is 47.4. The quantitative estimate of drug-likeness (QED) is 0.0204. The highest BCUT2D eigenvalue weighted by Crippen LogP contribution is 2.30. The van der Waals surface area contributed by atoms with Crippen LogP contribution in [0, 0.1) is 0 Å². The van der Waals surface area contributed by atoms with Crippen molar-refractivity contribution in [3.8, 4) is 0 Å². The van der Waals surface area contributed by atoms with Crippen LogP contribution < -0.4 is 5.32 Å². The SMILES string of the molecule is CCCCCCC/C=C\C/C=C\CCCCCCCCCCCCCCCCCCCCCCCC(=O)NC(COC1OC(CO)C(OC2OC(CO)C(O)C(O)C2O)C(O)C1O)C(O)CCCCCCCCCCCCCC. The normalized spacial score (nSPS) is 24.5. The van der Waals surface area contributed by atoms with E-state index >= 15 is 0 Å². The van der Waals surface area contributed by atoms with Gasteiger partial charge >= 0.3 is 0 Å². The zero-order valence-corrected chi connectivity index (χ0v) is 50.4. The number of aliphatic hydroxyl groups excluding tert-OH is 8. The molecule has 14 heteroatoms. The summed E-state index contributed by atoms with van der Waals surface area (Å²) in [6.45, 7) is 2.87. The van der Waals surface area contributed by atoms with Crippen molar-refractivity contribution in [1.82, 2.24) is 5.32 Å². The number of carbonyl (C=O) groups is 1. The lowest BCUT2D eigenvalue weighted by Gasteiger charge is -2.46. The Hall–Kier alpha value is -1.53. The highest BCUT2D eigenvalue weighted by atomic mass is 16.7. The van der Waals surface area contributed by atoms with Crippen molar-refractivity contribution in [2.24, 2.45) is 0 Å². The highest BCUT2D eigenvalue weighted by Gasteiger charge is 2.51. The number of amides is 1. The van der Waals surface area contributed by atoms with E-state index in [0.717, 1.165) is 57.8 Å². The Morgan fingerprint density at radius 2 is 0.835 bits per heavy atom. The van der Waals surface area contributed by atoms with E-state index in [4.69, 9.17) is 18.9 Å². The van der Waals surface area contributed by atoms with Crippen molar-refractivity contribution >= 4 is 5.91 Å². The number of aliphatic hydroxyl groups is 8. The minimum absolute atomic E-state index is 0.202. The van der Waals surface area contributed by atoms with E-state index in [1.165, 1.54) is 205 Å². The fourth-order valence-electron chi connectivity index (χ4n) is 11.1. The van der Waals surface area contributed by atoms with Crippen LogP contribution in [0.25, 0.3) is 0 Å². The van der Waals surface area contributed by atoms with Gasteiger partial charge in [-0.1, -0.05) is 263 Å². The van der Waals surface area contributed by atoms with Gasteiger partial charge < -0.3 is 65.1 Å². The van der Waals surface area contributed by atoms with Crippen LogP contribution in [0.5, 0.6) is 0 Å². The number of hydrogen-bond acceptors (Lipinski definition) is 13. The monoisotopic (exact) mass is 1130 g/mol. The number of rotatable bonds is 54. The van der Waals surface area contributed by atoms with Gasteiger partial charge in [0.05, 0.1) is 32.0 Å². The molecule has 2 heterocycles. The van der Waals surface area contributed by atoms with E-state index in [1.807, 2.05) is 0 Å². The highest BCUT2D eigenvalue weighted by molar-refractivity contribution is 5.76. The Bertz CT molecular complexity index is 1420. The maximum atomic E-state index is 13.3.